The number of nitro groups is 1. The van der Waals surface area contributed by atoms with Crippen molar-refractivity contribution in [1.29, 1.82) is 0 Å². The minimum absolute atomic E-state index is 0.0343. The molecule has 6 heteroatoms. The summed E-state index contributed by atoms with van der Waals surface area (Å²) in [5.74, 6) is -0.0343. The number of aryl methyl sites for hydroxylation is 1. The second kappa shape index (κ2) is 6.67. The van der Waals surface area contributed by atoms with Crippen LogP contribution >= 0.6 is 0 Å². The van der Waals surface area contributed by atoms with E-state index in [-0.39, 0.29) is 17.6 Å². The first-order valence-electron chi connectivity index (χ1n) is 7.25. The second-order valence-corrected chi connectivity index (χ2v) is 5.46. The number of benzene rings is 1. The topological polar surface area (TPSA) is 75.5 Å². The normalized spacial score (nSPS) is 18.6. The van der Waals surface area contributed by atoms with Crippen molar-refractivity contribution < 1.29 is 9.72 Å². The number of likely N-dealkylation sites (N-methyl/N-ethyl adjacent to an activating group) is 1. The zero-order valence-electron chi connectivity index (χ0n) is 12.5. The number of carbonyl (C=O) groups excluding carboxylic acids is 1. The Labute approximate surface area is 124 Å². The number of carbonyl (C=O) groups is 1. The summed E-state index contributed by atoms with van der Waals surface area (Å²) < 4.78 is 0. The van der Waals surface area contributed by atoms with E-state index >= 15 is 0 Å². The fourth-order valence-corrected chi connectivity index (χ4v) is 2.87. The van der Waals surface area contributed by atoms with Crippen LogP contribution in [0, 0.1) is 17.0 Å². The molecule has 1 unspecified atom stereocenters. The summed E-state index contributed by atoms with van der Waals surface area (Å²) in [6.07, 6.45) is 3.14. The van der Waals surface area contributed by atoms with Crippen LogP contribution < -0.4 is 5.32 Å². The van der Waals surface area contributed by atoms with Gasteiger partial charge in [-0.1, -0.05) is 0 Å². The fourth-order valence-electron chi connectivity index (χ4n) is 2.87. The van der Waals surface area contributed by atoms with Gasteiger partial charge in [0, 0.05) is 36.3 Å². The van der Waals surface area contributed by atoms with Crippen molar-refractivity contribution in [2.75, 3.05) is 20.1 Å². The Morgan fingerprint density at radius 1 is 1.48 bits per heavy atom. The van der Waals surface area contributed by atoms with Gasteiger partial charge in [0.15, 0.2) is 0 Å². The van der Waals surface area contributed by atoms with Gasteiger partial charge in [0.2, 0.25) is 0 Å². The second-order valence-electron chi connectivity index (χ2n) is 5.46. The molecule has 6 nitrogen and oxygen atoms in total. The first-order chi connectivity index (χ1) is 10.0. The molecule has 1 fully saturated rings. The Morgan fingerprint density at radius 3 is 2.86 bits per heavy atom. The monoisotopic (exact) mass is 291 g/mol. The van der Waals surface area contributed by atoms with E-state index in [1.807, 2.05) is 11.9 Å². The van der Waals surface area contributed by atoms with Crippen molar-refractivity contribution >= 4 is 11.6 Å². The highest BCUT2D eigenvalue weighted by molar-refractivity contribution is 5.95. The number of nitrogens with zero attached hydrogens (tertiary/aromatic N) is 2. The maximum absolute atomic E-state index is 12.6. The molecule has 1 atom stereocenters. The molecule has 21 heavy (non-hydrogen) atoms. The molecule has 0 radical (unpaired) electrons. The van der Waals surface area contributed by atoms with Crippen LogP contribution in [0.5, 0.6) is 0 Å². The van der Waals surface area contributed by atoms with Crippen LogP contribution in [0.15, 0.2) is 18.2 Å². The van der Waals surface area contributed by atoms with Crippen molar-refractivity contribution in [1.82, 2.24) is 10.2 Å². The van der Waals surface area contributed by atoms with Gasteiger partial charge in [-0.15, -0.1) is 0 Å². The highest BCUT2D eigenvalue weighted by Crippen LogP contribution is 2.23. The third-order valence-electron chi connectivity index (χ3n) is 3.97. The molecule has 1 amide bonds. The number of likely N-dealkylation sites (tertiary alicyclic amines) is 1. The minimum Gasteiger partial charge on any atom is -0.334 e. The number of nitro benzene ring substituents is 1. The molecule has 1 aromatic rings. The van der Waals surface area contributed by atoms with Gasteiger partial charge in [-0.05, 0) is 45.4 Å². The number of rotatable bonds is 4. The highest BCUT2D eigenvalue weighted by Gasteiger charge is 2.27. The molecule has 114 valence electrons. The lowest BCUT2D eigenvalue weighted by Crippen LogP contribution is -2.48. The lowest BCUT2D eigenvalue weighted by atomic mass is 10.00. The Morgan fingerprint density at radius 2 is 2.24 bits per heavy atom. The van der Waals surface area contributed by atoms with Crippen LogP contribution in [-0.2, 0) is 0 Å². The Hall–Kier alpha value is -1.95. The number of piperidine rings is 1. The summed E-state index contributed by atoms with van der Waals surface area (Å²) >= 11 is 0. The van der Waals surface area contributed by atoms with Gasteiger partial charge in [-0.2, -0.15) is 0 Å². The van der Waals surface area contributed by atoms with Crippen molar-refractivity contribution in [3.63, 3.8) is 0 Å². The first-order valence-corrected chi connectivity index (χ1v) is 7.25. The average molecular weight is 291 g/mol. The summed E-state index contributed by atoms with van der Waals surface area (Å²) in [5, 5.41) is 14.0. The molecule has 0 bridgehead atoms. The number of nitrogens with one attached hydrogen (secondary N) is 1. The SMILES string of the molecule is CNCC1CCCCN1C(=O)c1ccc([N+](=O)[O-])c(C)c1. The van der Waals surface area contributed by atoms with E-state index in [9.17, 15) is 14.9 Å². The van der Waals surface area contributed by atoms with Crippen LogP contribution in [0.1, 0.15) is 35.2 Å². The maximum atomic E-state index is 12.6. The molecule has 1 saturated heterocycles. The number of hydrogen-bond donors (Lipinski definition) is 1. The smallest absolute Gasteiger partial charge is 0.272 e. The van der Waals surface area contributed by atoms with Gasteiger partial charge in [0.1, 0.15) is 0 Å². The van der Waals surface area contributed by atoms with Crippen LogP contribution in [0.3, 0.4) is 0 Å². The fraction of sp³-hybridized carbons (Fsp3) is 0.533. The molecule has 1 heterocycles. The van der Waals surface area contributed by atoms with E-state index in [0.717, 1.165) is 32.4 Å². The van der Waals surface area contributed by atoms with Crippen LogP contribution in [0.2, 0.25) is 0 Å². The van der Waals surface area contributed by atoms with Crippen molar-refractivity contribution in [3.05, 3.63) is 39.4 Å². The zero-order chi connectivity index (χ0) is 15.4. The van der Waals surface area contributed by atoms with Crippen molar-refractivity contribution in [2.45, 2.75) is 32.2 Å². The molecule has 1 aromatic carbocycles. The molecule has 0 aromatic heterocycles. The van der Waals surface area contributed by atoms with Gasteiger partial charge in [-0.25, -0.2) is 0 Å². The van der Waals surface area contributed by atoms with Gasteiger partial charge in [-0.3, -0.25) is 14.9 Å². The van der Waals surface area contributed by atoms with E-state index in [2.05, 4.69) is 5.32 Å². The van der Waals surface area contributed by atoms with Crippen LogP contribution in [-0.4, -0.2) is 41.9 Å². The summed E-state index contributed by atoms with van der Waals surface area (Å²) in [4.78, 5) is 25.0. The highest BCUT2D eigenvalue weighted by atomic mass is 16.6. The maximum Gasteiger partial charge on any atom is 0.272 e. The predicted molar refractivity (Wildman–Crippen MR) is 80.4 cm³/mol. The molecule has 0 saturated carbocycles. The van der Waals surface area contributed by atoms with Gasteiger partial charge >= 0.3 is 0 Å². The summed E-state index contributed by atoms with van der Waals surface area (Å²) in [7, 11) is 1.88. The first kappa shape index (κ1) is 15.4. The van der Waals surface area contributed by atoms with Crippen LogP contribution in [0.25, 0.3) is 0 Å². The van der Waals surface area contributed by atoms with E-state index in [4.69, 9.17) is 0 Å². The largest absolute Gasteiger partial charge is 0.334 e. The zero-order valence-corrected chi connectivity index (χ0v) is 12.5. The molecule has 1 aliphatic heterocycles. The molecule has 0 spiro atoms. The molecular formula is C15H21N3O3. The average Bonchev–Trinajstić information content (AvgIpc) is 2.47. The number of amides is 1. The third kappa shape index (κ3) is 3.39. The molecule has 1 N–H and O–H groups in total. The number of hydrogen-bond acceptors (Lipinski definition) is 4. The van der Waals surface area contributed by atoms with E-state index in [1.165, 1.54) is 6.07 Å². The summed E-state index contributed by atoms with van der Waals surface area (Å²) in [6, 6.07) is 4.79. The van der Waals surface area contributed by atoms with Gasteiger partial charge in [0.25, 0.3) is 11.6 Å². The summed E-state index contributed by atoms with van der Waals surface area (Å²) in [6.45, 7) is 3.19. The van der Waals surface area contributed by atoms with Crippen molar-refractivity contribution in [2.24, 2.45) is 0 Å². The Bertz CT molecular complexity index is 543. The van der Waals surface area contributed by atoms with E-state index in [0.29, 0.717) is 11.1 Å². The molecule has 1 aliphatic rings. The van der Waals surface area contributed by atoms with Crippen LogP contribution in [0.4, 0.5) is 5.69 Å². The van der Waals surface area contributed by atoms with Gasteiger partial charge in [0.05, 0.1) is 4.92 Å². The standard InChI is InChI=1S/C15H21N3O3/c1-11-9-12(6-7-14(11)18(20)21)15(19)17-8-4-3-5-13(17)10-16-2/h6-7,9,13,16H,3-5,8,10H2,1-2H3. The Balaban J connectivity index is 2.22. The lowest BCUT2D eigenvalue weighted by molar-refractivity contribution is -0.385. The predicted octanol–water partition coefficient (Wildman–Crippen LogP) is 2.12. The minimum atomic E-state index is -0.422. The van der Waals surface area contributed by atoms with E-state index in [1.54, 1.807) is 19.1 Å². The van der Waals surface area contributed by atoms with Crippen molar-refractivity contribution in [3.8, 4) is 0 Å². The lowest BCUT2D eigenvalue weighted by Gasteiger charge is -2.35. The van der Waals surface area contributed by atoms with Gasteiger partial charge < -0.3 is 10.2 Å². The Kier molecular flexibility index (Phi) is 4.90. The third-order valence-corrected chi connectivity index (χ3v) is 3.97. The quantitative estimate of drug-likeness (QED) is 0.681. The molecular weight excluding hydrogens is 270 g/mol. The summed E-state index contributed by atoms with van der Waals surface area (Å²) in [5.41, 5.74) is 1.10. The van der Waals surface area contributed by atoms with E-state index < -0.39 is 4.92 Å². The molecule has 0 aliphatic carbocycles. The molecule has 2 rings (SSSR count).